The lowest BCUT2D eigenvalue weighted by atomic mass is 10.00. The SMILES string of the molecule is C=CCn1c(COc2ccc(Cl)cc2)nnc1SCC(=O)N1CCc2ccccc2C1. The minimum Gasteiger partial charge on any atom is -0.486 e. The van der Waals surface area contributed by atoms with E-state index in [1.807, 2.05) is 33.7 Å². The molecule has 0 bridgehead atoms. The van der Waals surface area contributed by atoms with Gasteiger partial charge in [0.05, 0.1) is 5.75 Å². The summed E-state index contributed by atoms with van der Waals surface area (Å²) in [6.07, 6.45) is 2.67. The van der Waals surface area contributed by atoms with Gasteiger partial charge < -0.3 is 9.64 Å². The van der Waals surface area contributed by atoms with Crippen LogP contribution >= 0.6 is 23.4 Å². The maximum absolute atomic E-state index is 12.8. The predicted octanol–water partition coefficient (Wildman–Crippen LogP) is 4.37. The van der Waals surface area contributed by atoms with Crippen LogP contribution in [-0.2, 0) is 30.9 Å². The van der Waals surface area contributed by atoms with Gasteiger partial charge in [0.1, 0.15) is 12.4 Å². The second-order valence-electron chi connectivity index (χ2n) is 7.16. The summed E-state index contributed by atoms with van der Waals surface area (Å²) in [4.78, 5) is 14.7. The van der Waals surface area contributed by atoms with E-state index in [1.54, 1.807) is 18.2 Å². The topological polar surface area (TPSA) is 60.2 Å². The lowest BCUT2D eigenvalue weighted by Crippen LogP contribution is -2.37. The molecule has 160 valence electrons. The third-order valence-corrected chi connectivity index (χ3v) is 6.30. The number of ether oxygens (including phenoxy) is 1. The normalized spacial score (nSPS) is 13.0. The summed E-state index contributed by atoms with van der Waals surface area (Å²) >= 11 is 7.31. The van der Waals surface area contributed by atoms with Crippen LogP contribution in [0.1, 0.15) is 17.0 Å². The lowest BCUT2D eigenvalue weighted by Gasteiger charge is -2.28. The van der Waals surface area contributed by atoms with Crippen molar-refractivity contribution >= 4 is 29.3 Å². The number of amides is 1. The number of hydrogen-bond donors (Lipinski definition) is 0. The molecule has 1 aromatic heterocycles. The molecule has 0 saturated carbocycles. The molecule has 0 atom stereocenters. The number of thioether (sulfide) groups is 1. The molecule has 0 radical (unpaired) electrons. The Morgan fingerprint density at radius 2 is 1.94 bits per heavy atom. The Kier molecular flexibility index (Phi) is 6.94. The van der Waals surface area contributed by atoms with E-state index in [-0.39, 0.29) is 12.5 Å². The maximum Gasteiger partial charge on any atom is 0.233 e. The first-order valence-corrected chi connectivity index (χ1v) is 11.4. The molecule has 6 nitrogen and oxygen atoms in total. The van der Waals surface area contributed by atoms with Crippen molar-refractivity contribution in [3.63, 3.8) is 0 Å². The maximum atomic E-state index is 12.8. The number of aromatic nitrogens is 3. The zero-order chi connectivity index (χ0) is 21.6. The van der Waals surface area contributed by atoms with Gasteiger partial charge in [0.25, 0.3) is 0 Å². The van der Waals surface area contributed by atoms with Crippen molar-refractivity contribution in [1.29, 1.82) is 0 Å². The fourth-order valence-corrected chi connectivity index (χ4v) is 4.45. The van der Waals surface area contributed by atoms with E-state index < -0.39 is 0 Å². The highest BCUT2D eigenvalue weighted by molar-refractivity contribution is 7.99. The Hall–Kier alpha value is -2.77. The van der Waals surface area contributed by atoms with Crippen molar-refractivity contribution in [3.05, 3.63) is 83.2 Å². The fourth-order valence-electron chi connectivity index (χ4n) is 3.45. The number of allylic oxidation sites excluding steroid dienone is 1. The monoisotopic (exact) mass is 454 g/mol. The van der Waals surface area contributed by atoms with Gasteiger partial charge in [0, 0.05) is 24.7 Å². The lowest BCUT2D eigenvalue weighted by molar-refractivity contribution is -0.129. The molecule has 0 spiro atoms. The Labute approximate surface area is 190 Å². The van der Waals surface area contributed by atoms with E-state index in [0.717, 1.165) is 13.0 Å². The smallest absolute Gasteiger partial charge is 0.233 e. The van der Waals surface area contributed by atoms with Crippen LogP contribution < -0.4 is 4.74 Å². The van der Waals surface area contributed by atoms with E-state index in [1.165, 1.54) is 22.9 Å². The molecule has 2 aromatic carbocycles. The van der Waals surface area contributed by atoms with Gasteiger partial charge >= 0.3 is 0 Å². The van der Waals surface area contributed by atoms with E-state index in [0.29, 0.717) is 40.6 Å². The summed E-state index contributed by atoms with van der Waals surface area (Å²) in [5, 5.41) is 9.86. The van der Waals surface area contributed by atoms with E-state index >= 15 is 0 Å². The van der Waals surface area contributed by atoms with Crippen LogP contribution in [0.4, 0.5) is 0 Å². The summed E-state index contributed by atoms with van der Waals surface area (Å²) in [6, 6.07) is 15.5. The second-order valence-corrected chi connectivity index (χ2v) is 8.54. The molecule has 0 fully saturated rings. The molecule has 3 aromatic rings. The molecule has 8 heteroatoms. The summed E-state index contributed by atoms with van der Waals surface area (Å²) in [5.74, 6) is 1.80. The number of rotatable bonds is 8. The van der Waals surface area contributed by atoms with E-state index in [9.17, 15) is 4.79 Å². The average molecular weight is 455 g/mol. The Balaban J connectivity index is 1.37. The zero-order valence-corrected chi connectivity index (χ0v) is 18.6. The minimum atomic E-state index is 0.103. The van der Waals surface area contributed by atoms with Crippen LogP contribution in [0.3, 0.4) is 0 Å². The van der Waals surface area contributed by atoms with Gasteiger partial charge in [-0.25, -0.2) is 0 Å². The third-order valence-electron chi connectivity index (χ3n) is 5.09. The highest BCUT2D eigenvalue weighted by Crippen LogP contribution is 2.23. The summed E-state index contributed by atoms with van der Waals surface area (Å²) < 4.78 is 7.72. The third kappa shape index (κ3) is 5.29. The molecule has 1 aliphatic heterocycles. The molecule has 1 aliphatic rings. The van der Waals surface area contributed by atoms with E-state index in [4.69, 9.17) is 16.3 Å². The molecule has 4 rings (SSSR count). The predicted molar refractivity (Wildman–Crippen MR) is 122 cm³/mol. The number of carbonyl (C=O) groups is 1. The number of hydrogen-bond acceptors (Lipinski definition) is 5. The van der Waals surface area contributed by atoms with Gasteiger partial charge in [0.15, 0.2) is 11.0 Å². The highest BCUT2D eigenvalue weighted by Gasteiger charge is 2.21. The minimum absolute atomic E-state index is 0.103. The first-order chi connectivity index (χ1) is 15.1. The van der Waals surface area contributed by atoms with Crippen LogP contribution in [-0.4, -0.2) is 37.9 Å². The summed E-state index contributed by atoms with van der Waals surface area (Å²) in [6.45, 7) is 6.03. The Bertz CT molecular complexity index is 1070. The fraction of sp³-hybridized carbons (Fsp3) is 0.261. The average Bonchev–Trinajstić information content (AvgIpc) is 3.18. The zero-order valence-electron chi connectivity index (χ0n) is 17.0. The van der Waals surface area contributed by atoms with Gasteiger partial charge in [0.2, 0.25) is 5.91 Å². The largest absolute Gasteiger partial charge is 0.486 e. The number of carbonyl (C=O) groups excluding carboxylic acids is 1. The first kappa shape index (κ1) is 21.5. The number of nitrogens with zero attached hydrogens (tertiary/aromatic N) is 4. The van der Waals surface area contributed by atoms with Crippen molar-refractivity contribution < 1.29 is 9.53 Å². The van der Waals surface area contributed by atoms with Crippen LogP contribution in [0.2, 0.25) is 5.02 Å². The Morgan fingerprint density at radius 1 is 1.16 bits per heavy atom. The molecule has 0 N–H and O–H groups in total. The molecule has 0 saturated heterocycles. The van der Waals surface area contributed by atoms with E-state index in [2.05, 4.69) is 28.9 Å². The molecular weight excluding hydrogens is 432 g/mol. The molecule has 1 amide bonds. The molecular formula is C23H23ClN4O2S. The van der Waals surface area contributed by atoms with Gasteiger partial charge in [-0.2, -0.15) is 0 Å². The van der Waals surface area contributed by atoms with Gasteiger partial charge in [-0.1, -0.05) is 53.7 Å². The summed E-state index contributed by atoms with van der Waals surface area (Å²) in [5.41, 5.74) is 2.55. The van der Waals surface area contributed by atoms with Gasteiger partial charge in [-0.3, -0.25) is 9.36 Å². The second kappa shape index (κ2) is 10.0. The molecule has 2 heterocycles. The van der Waals surface area contributed by atoms with Crippen molar-refractivity contribution in [2.45, 2.75) is 31.3 Å². The number of benzene rings is 2. The summed E-state index contributed by atoms with van der Waals surface area (Å²) in [7, 11) is 0. The molecule has 0 unspecified atom stereocenters. The van der Waals surface area contributed by atoms with Crippen LogP contribution in [0.25, 0.3) is 0 Å². The van der Waals surface area contributed by atoms with Gasteiger partial charge in [-0.15, -0.1) is 16.8 Å². The van der Waals surface area contributed by atoms with Crippen molar-refractivity contribution in [3.8, 4) is 5.75 Å². The molecule has 0 aliphatic carbocycles. The first-order valence-electron chi connectivity index (χ1n) is 10.0. The quantitative estimate of drug-likeness (QED) is 0.373. The van der Waals surface area contributed by atoms with Crippen LogP contribution in [0.5, 0.6) is 5.75 Å². The molecule has 31 heavy (non-hydrogen) atoms. The number of fused-ring (bicyclic) bond motifs is 1. The van der Waals surface area contributed by atoms with Crippen molar-refractivity contribution in [1.82, 2.24) is 19.7 Å². The number of halogens is 1. The Morgan fingerprint density at radius 3 is 2.71 bits per heavy atom. The van der Waals surface area contributed by atoms with Crippen LogP contribution in [0.15, 0.2) is 66.3 Å². The standard InChI is InChI=1S/C23H23ClN4O2S/c1-2-12-28-21(15-30-20-9-7-19(24)8-10-20)25-26-23(28)31-16-22(29)27-13-11-17-5-3-4-6-18(17)14-27/h2-10H,1,11-16H2. The highest BCUT2D eigenvalue weighted by atomic mass is 35.5. The van der Waals surface area contributed by atoms with Gasteiger partial charge in [-0.05, 0) is 41.8 Å². The van der Waals surface area contributed by atoms with Crippen LogP contribution in [0, 0.1) is 0 Å². The van der Waals surface area contributed by atoms with Crippen molar-refractivity contribution in [2.24, 2.45) is 0 Å². The van der Waals surface area contributed by atoms with Crippen molar-refractivity contribution in [2.75, 3.05) is 12.3 Å².